The lowest BCUT2D eigenvalue weighted by Crippen LogP contribution is -2.43. The van der Waals surface area contributed by atoms with Crippen LogP contribution in [-0.2, 0) is 4.74 Å². The predicted octanol–water partition coefficient (Wildman–Crippen LogP) is 0.897. The Bertz CT molecular complexity index is 174. The summed E-state index contributed by atoms with van der Waals surface area (Å²) >= 11 is 0. The molecule has 1 unspecified atom stereocenters. The SMILES string of the molecule is CC1(NCCCNC2CC2)CCOC1. The van der Waals surface area contributed by atoms with E-state index in [1.54, 1.807) is 0 Å². The van der Waals surface area contributed by atoms with E-state index in [4.69, 9.17) is 4.74 Å². The van der Waals surface area contributed by atoms with Crippen molar-refractivity contribution in [1.29, 1.82) is 0 Å². The van der Waals surface area contributed by atoms with Gasteiger partial charge in [-0.3, -0.25) is 0 Å². The Kier molecular flexibility index (Phi) is 3.42. The fourth-order valence-corrected chi connectivity index (χ4v) is 1.88. The summed E-state index contributed by atoms with van der Waals surface area (Å²) in [7, 11) is 0. The zero-order valence-electron chi connectivity index (χ0n) is 9.14. The van der Waals surface area contributed by atoms with Crippen molar-refractivity contribution in [3.05, 3.63) is 0 Å². The van der Waals surface area contributed by atoms with Crippen molar-refractivity contribution in [3.63, 3.8) is 0 Å². The molecule has 0 aromatic carbocycles. The largest absolute Gasteiger partial charge is 0.379 e. The van der Waals surface area contributed by atoms with Gasteiger partial charge in [0.05, 0.1) is 6.61 Å². The van der Waals surface area contributed by atoms with E-state index in [0.29, 0.717) is 0 Å². The Hall–Kier alpha value is -0.120. The van der Waals surface area contributed by atoms with E-state index in [2.05, 4.69) is 17.6 Å². The minimum absolute atomic E-state index is 0.250. The van der Waals surface area contributed by atoms with Gasteiger partial charge >= 0.3 is 0 Å². The van der Waals surface area contributed by atoms with Gasteiger partial charge in [-0.15, -0.1) is 0 Å². The lowest BCUT2D eigenvalue weighted by molar-refractivity contribution is 0.171. The molecule has 3 heteroatoms. The number of hydrogen-bond acceptors (Lipinski definition) is 3. The maximum atomic E-state index is 5.39. The summed E-state index contributed by atoms with van der Waals surface area (Å²) in [6.07, 6.45) is 5.16. The Balaban J connectivity index is 1.48. The van der Waals surface area contributed by atoms with E-state index in [9.17, 15) is 0 Å². The van der Waals surface area contributed by atoms with Crippen LogP contribution < -0.4 is 10.6 Å². The number of nitrogens with one attached hydrogen (secondary N) is 2. The van der Waals surface area contributed by atoms with Crippen LogP contribution in [0, 0.1) is 0 Å². The van der Waals surface area contributed by atoms with Gasteiger partial charge in [0.15, 0.2) is 0 Å². The topological polar surface area (TPSA) is 33.3 Å². The fraction of sp³-hybridized carbons (Fsp3) is 1.00. The first kappa shape index (κ1) is 10.4. The van der Waals surface area contributed by atoms with E-state index < -0.39 is 0 Å². The molecule has 2 N–H and O–H groups in total. The van der Waals surface area contributed by atoms with E-state index in [-0.39, 0.29) is 5.54 Å². The summed E-state index contributed by atoms with van der Waals surface area (Å²) < 4.78 is 5.39. The molecule has 1 saturated heterocycles. The molecule has 0 radical (unpaired) electrons. The molecule has 2 aliphatic rings. The summed E-state index contributed by atoms with van der Waals surface area (Å²) in [4.78, 5) is 0. The number of hydrogen-bond donors (Lipinski definition) is 2. The van der Waals surface area contributed by atoms with Crippen molar-refractivity contribution < 1.29 is 4.74 Å². The molecule has 1 aliphatic carbocycles. The van der Waals surface area contributed by atoms with E-state index in [1.165, 1.54) is 19.3 Å². The van der Waals surface area contributed by atoms with Crippen molar-refractivity contribution in [2.75, 3.05) is 26.3 Å². The molecule has 0 bridgehead atoms. The van der Waals surface area contributed by atoms with E-state index >= 15 is 0 Å². The summed E-state index contributed by atoms with van der Waals surface area (Å²) in [5.41, 5.74) is 0.250. The highest BCUT2D eigenvalue weighted by molar-refractivity contribution is 4.87. The van der Waals surface area contributed by atoms with Crippen molar-refractivity contribution in [3.8, 4) is 0 Å². The van der Waals surface area contributed by atoms with Crippen molar-refractivity contribution in [2.24, 2.45) is 0 Å². The first-order valence-electron chi connectivity index (χ1n) is 5.85. The molecule has 1 atom stereocenters. The molecule has 0 spiro atoms. The normalized spacial score (nSPS) is 32.4. The molecule has 1 heterocycles. The molecule has 1 aliphatic heterocycles. The van der Waals surface area contributed by atoms with Gasteiger partial charge in [-0.2, -0.15) is 0 Å². The maximum absolute atomic E-state index is 5.39. The molecule has 0 amide bonds. The number of rotatable bonds is 6. The standard InChI is InChI=1S/C11H22N2O/c1-11(5-8-14-9-11)13-7-2-6-12-10-3-4-10/h10,12-13H,2-9H2,1H3. The van der Waals surface area contributed by atoms with Crippen LogP contribution in [0.2, 0.25) is 0 Å². The minimum Gasteiger partial charge on any atom is -0.379 e. The molecular weight excluding hydrogens is 176 g/mol. The van der Waals surface area contributed by atoms with Gasteiger partial charge in [-0.1, -0.05) is 0 Å². The Morgan fingerprint density at radius 2 is 2.21 bits per heavy atom. The predicted molar refractivity (Wildman–Crippen MR) is 57.5 cm³/mol. The zero-order valence-corrected chi connectivity index (χ0v) is 9.14. The van der Waals surface area contributed by atoms with Gasteiger partial charge in [0.25, 0.3) is 0 Å². The fourth-order valence-electron chi connectivity index (χ4n) is 1.88. The van der Waals surface area contributed by atoms with Crippen molar-refractivity contribution in [2.45, 2.75) is 44.2 Å². The maximum Gasteiger partial charge on any atom is 0.0646 e. The van der Waals surface area contributed by atoms with Gasteiger partial charge in [-0.05, 0) is 45.7 Å². The van der Waals surface area contributed by atoms with Crippen LogP contribution in [0.5, 0.6) is 0 Å². The quantitative estimate of drug-likeness (QED) is 0.622. The Labute approximate surface area is 86.6 Å². The third kappa shape index (κ3) is 3.23. The first-order chi connectivity index (χ1) is 6.79. The summed E-state index contributed by atoms with van der Waals surface area (Å²) in [5.74, 6) is 0. The number of ether oxygens (including phenoxy) is 1. The van der Waals surface area contributed by atoms with Crippen LogP contribution >= 0.6 is 0 Å². The van der Waals surface area contributed by atoms with Crippen LogP contribution in [0.1, 0.15) is 32.6 Å². The van der Waals surface area contributed by atoms with Crippen LogP contribution in [-0.4, -0.2) is 37.9 Å². The molecule has 3 nitrogen and oxygen atoms in total. The molecule has 1 saturated carbocycles. The second kappa shape index (κ2) is 4.60. The molecule has 0 aromatic rings. The molecule has 2 rings (SSSR count). The molecular formula is C11H22N2O. The molecule has 0 aromatic heterocycles. The van der Waals surface area contributed by atoms with Gasteiger partial charge in [0.1, 0.15) is 0 Å². The Morgan fingerprint density at radius 1 is 1.36 bits per heavy atom. The third-order valence-electron chi connectivity index (χ3n) is 3.13. The lowest BCUT2D eigenvalue weighted by Gasteiger charge is -2.23. The minimum atomic E-state index is 0.250. The summed E-state index contributed by atoms with van der Waals surface area (Å²) in [6.45, 7) is 6.33. The second-order valence-electron chi connectivity index (χ2n) is 4.87. The average molecular weight is 198 g/mol. The zero-order chi connectivity index (χ0) is 9.86. The van der Waals surface area contributed by atoms with Gasteiger partial charge in [-0.25, -0.2) is 0 Å². The van der Waals surface area contributed by atoms with Crippen molar-refractivity contribution in [1.82, 2.24) is 10.6 Å². The van der Waals surface area contributed by atoms with Gasteiger partial charge < -0.3 is 15.4 Å². The second-order valence-corrected chi connectivity index (χ2v) is 4.87. The van der Waals surface area contributed by atoms with Crippen LogP contribution in [0.15, 0.2) is 0 Å². The highest BCUT2D eigenvalue weighted by Gasteiger charge is 2.28. The Morgan fingerprint density at radius 3 is 2.86 bits per heavy atom. The lowest BCUT2D eigenvalue weighted by atomic mass is 10.0. The van der Waals surface area contributed by atoms with Gasteiger partial charge in [0, 0.05) is 18.2 Å². The van der Waals surface area contributed by atoms with E-state index in [1.807, 2.05) is 0 Å². The van der Waals surface area contributed by atoms with E-state index in [0.717, 1.165) is 38.8 Å². The molecule has 82 valence electrons. The van der Waals surface area contributed by atoms with Crippen molar-refractivity contribution >= 4 is 0 Å². The van der Waals surface area contributed by atoms with Crippen LogP contribution in [0.4, 0.5) is 0 Å². The van der Waals surface area contributed by atoms with Crippen LogP contribution in [0.25, 0.3) is 0 Å². The highest BCUT2D eigenvalue weighted by atomic mass is 16.5. The molecule has 14 heavy (non-hydrogen) atoms. The average Bonchev–Trinajstić information content (AvgIpc) is 2.89. The smallest absolute Gasteiger partial charge is 0.0646 e. The summed E-state index contributed by atoms with van der Waals surface area (Å²) in [6, 6.07) is 0.848. The van der Waals surface area contributed by atoms with Gasteiger partial charge in [0.2, 0.25) is 0 Å². The highest BCUT2D eigenvalue weighted by Crippen LogP contribution is 2.18. The third-order valence-corrected chi connectivity index (χ3v) is 3.13. The first-order valence-corrected chi connectivity index (χ1v) is 5.85. The van der Waals surface area contributed by atoms with Crippen LogP contribution in [0.3, 0.4) is 0 Å². The summed E-state index contributed by atoms with van der Waals surface area (Å²) in [5, 5.41) is 7.11. The monoisotopic (exact) mass is 198 g/mol. The molecule has 2 fully saturated rings.